The number of anilines is 2. The molecule has 5 nitrogen and oxygen atoms in total. The van der Waals surface area contributed by atoms with E-state index < -0.39 is 0 Å². The van der Waals surface area contributed by atoms with Crippen molar-refractivity contribution in [1.29, 1.82) is 0 Å². The van der Waals surface area contributed by atoms with E-state index in [2.05, 4.69) is 22.9 Å². The molecule has 0 unspecified atom stereocenters. The van der Waals surface area contributed by atoms with Gasteiger partial charge in [0.05, 0.1) is 6.54 Å². The molecule has 0 saturated heterocycles. The van der Waals surface area contributed by atoms with Crippen molar-refractivity contribution in [2.75, 3.05) is 23.7 Å². The zero-order valence-corrected chi connectivity index (χ0v) is 14.8. The van der Waals surface area contributed by atoms with Gasteiger partial charge in [-0.05, 0) is 55.3 Å². The van der Waals surface area contributed by atoms with Crippen molar-refractivity contribution in [3.05, 3.63) is 59.7 Å². The third kappa shape index (κ3) is 6.30. The first kappa shape index (κ1) is 18.5. The first-order valence-electron chi connectivity index (χ1n) is 8.57. The maximum absolute atomic E-state index is 12.0. The van der Waals surface area contributed by atoms with E-state index in [1.807, 2.05) is 31.2 Å². The third-order valence-electron chi connectivity index (χ3n) is 3.72. The van der Waals surface area contributed by atoms with Crippen LogP contribution in [0.15, 0.2) is 48.5 Å². The summed E-state index contributed by atoms with van der Waals surface area (Å²) in [7, 11) is 0. The second kappa shape index (κ2) is 9.47. The standard InChI is InChI=1S/C20H25N3O2/c1-3-4-12-21-20(25)16-8-10-17(11-9-16)23-19(24)14-22-18-7-5-6-15(2)13-18/h5-11,13,22H,3-4,12,14H2,1-2H3,(H,21,25)(H,23,24). The third-order valence-corrected chi connectivity index (χ3v) is 3.72. The lowest BCUT2D eigenvalue weighted by Gasteiger charge is -2.09. The first-order valence-corrected chi connectivity index (χ1v) is 8.57. The maximum Gasteiger partial charge on any atom is 0.251 e. The Morgan fingerprint density at radius 1 is 1.00 bits per heavy atom. The molecule has 0 aliphatic carbocycles. The van der Waals surface area contributed by atoms with E-state index >= 15 is 0 Å². The molecule has 0 fully saturated rings. The predicted molar refractivity (Wildman–Crippen MR) is 102 cm³/mol. The molecular formula is C20H25N3O2. The molecule has 0 aromatic heterocycles. The Kier molecular flexibility index (Phi) is 7.01. The van der Waals surface area contributed by atoms with E-state index in [-0.39, 0.29) is 18.4 Å². The van der Waals surface area contributed by atoms with Gasteiger partial charge < -0.3 is 16.0 Å². The van der Waals surface area contributed by atoms with Gasteiger partial charge in [-0.1, -0.05) is 25.5 Å². The SMILES string of the molecule is CCCCNC(=O)c1ccc(NC(=O)CNc2cccc(C)c2)cc1. The smallest absolute Gasteiger partial charge is 0.251 e. The van der Waals surface area contributed by atoms with Crippen LogP contribution in [0.1, 0.15) is 35.7 Å². The monoisotopic (exact) mass is 339 g/mol. The fraction of sp³-hybridized carbons (Fsp3) is 0.300. The Bertz CT molecular complexity index is 711. The first-order chi connectivity index (χ1) is 12.1. The Morgan fingerprint density at radius 2 is 1.76 bits per heavy atom. The number of amides is 2. The summed E-state index contributed by atoms with van der Waals surface area (Å²) in [5.41, 5.74) is 3.31. The van der Waals surface area contributed by atoms with Gasteiger partial charge >= 0.3 is 0 Å². The average Bonchev–Trinajstić information content (AvgIpc) is 2.61. The number of carbonyl (C=O) groups excluding carboxylic acids is 2. The van der Waals surface area contributed by atoms with Gasteiger partial charge in [-0.15, -0.1) is 0 Å². The summed E-state index contributed by atoms with van der Waals surface area (Å²) in [6.45, 7) is 4.95. The van der Waals surface area contributed by atoms with Gasteiger partial charge in [0, 0.05) is 23.5 Å². The van der Waals surface area contributed by atoms with Crippen molar-refractivity contribution in [2.45, 2.75) is 26.7 Å². The van der Waals surface area contributed by atoms with Gasteiger partial charge in [0.2, 0.25) is 5.91 Å². The van der Waals surface area contributed by atoms with Gasteiger partial charge in [-0.3, -0.25) is 9.59 Å². The van der Waals surface area contributed by atoms with Crippen molar-refractivity contribution in [2.24, 2.45) is 0 Å². The molecule has 2 aromatic rings. The minimum absolute atomic E-state index is 0.0903. The van der Waals surface area contributed by atoms with Crippen LogP contribution in [-0.4, -0.2) is 24.9 Å². The second-order valence-corrected chi connectivity index (χ2v) is 5.96. The molecule has 0 bridgehead atoms. The lowest BCUT2D eigenvalue weighted by atomic mass is 10.2. The van der Waals surface area contributed by atoms with Crippen LogP contribution in [0.5, 0.6) is 0 Å². The largest absolute Gasteiger partial charge is 0.376 e. The van der Waals surface area contributed by atoms with E-state index in [1.54, 1.807) is 24.3 Å². The number of rotatable bonds is 8. The number of hydrogen-bond acceptors (Lipinski definition) is 3. The van der Waals surface area contributed by atoms with Crippen LogP contribution in [0.4, 0.5) is 11.4 Å². The summed E-state index contributed by atoms with van der Waals surface area (Å²) < 4.78 is 0. The molecule has 0 heterocycles. The molecule has 0 aliphatic heterocycles. The Labute approximate surface area is 148 Å². The molecule has 3 N–H and O–H groups in total. The van der Waals surface area contributed by atoms with E-state index in [1.165, 1.54) is 0 Å². The molecule has 0 aliphatic rings. The highest BCUT2D eigenvalue weighted by Crippen LogP contribution is 2.11. The molecule has 0 radical (unpaired) electrons. The molecule has 5 heteroatoms. The lowest BCUT2D eigenvalue weighted by Crippen LogP contribution is -2.24. The quantitative estimate of drug-likeness (QED) is 0.644. The van der Waals surface area contributed by atoms with Gasteiger partial charge in [0.25, 0.3) is 5.91 Å². The van der Waals surface area contributed by atoms with Crippen LogP contribution in [-0.2, 0) is 4.79 Å². The highest BCUT2D eigenvalue weighted by atomic mass is 16.2. The summed E-state index contributed by atoms with van der Waals surface area (Å²) in [5, 5.41) is 8.77. The van der Waals surface area contributed by atoms with Gasteiger partial charge in [0.1, 0.15) is 0 Å². The van der Waals surface area contributed by atoms with Crippen molar-refractivity contribution < 1.29 is 9.59 Å². The molecule has 132 valence electrons. The molecule has 0 spiro atoms. The minimum Gasteiger partial charge on any atom is -0.376 e. The summed E-state index contributed by atoms with van der Waals surface area (Å²) in [5.74, 6) is -0.228. The van der Waals surface area contributed by atoms with Crippen LogP contribution >= 0.6 is 0 Å². The highest BCUT2D eigenvalue weighted by molar-refractivity contribution is 5.96. The molecule has 0 atom stereocenters. The number of aryl methyl sites for hydroxylation is 1. The van der Waals surface area contributed by atoms with E-state index in [0.717, 1.165) is 24.1 Å². The number of hydrogen-bond donors (Lipinski definition) is 3. The van der Waals surface area contributed by atoms with Crippen molar-refractivity contribution in [3.8, 4) is 0 Å². The van der Waals surface area contributed by atoms with E-state index in [4.69, 9.17) is 0 Å². The number of nitrogens with one attached hydrogen (secondary N) is 3. The molecule has 2 amide bonds. The van der Waals surface area contributed by atoms with E-state index in [9.17, 15) is 9.59 Å². The van der Waals surface area contributed by atoms with Crippen LogP contribution in [0, 0.1) is 6.92 Å². The van der Waals surface area contributed by atoms with Gasteiger partial charge in [-0.25, -0.2) is 0 Å². The van der Waals surface area contributed by atoms with E-state index in [0.29, 0.717) is 17.8 Å². The molecule has 2 rings (SSSR count). The lowest BCUT2D eigenvalue weighted by molar-refractivity contribution is -0.114. The predicted octanol–water partition coefficient (Wildman–Crippen LogP) is 3.58. The molecule has 2 aromatic carbocycles. The zero-order valence-electron chi connectivity index (χ0n) is 14.8. The Balaban J connectivity index is 1.81. The maximum atomic E-state index is 12.0. The van der Waals surface area contributed by atoms with Gasteiger partial charge in [-0.2, -0.15) is 0 Å². The fourth-order valence-electron chi connectivity index (χ4n) is 2.33. The zero-order chi connectivity index (χ0) is 18.1. The number of unbranched alkanes of at least 4 members (excludes halogenated alkanes) is 1. The fourth-order valence-corrected chi connectivity index (χ4v) is 2.33. The average molecular weight is 339 g/mol. The summed E-state index contributed by atoms with van der Waals surface area (Å²) in [4.78, 5) is 23.9. The van der Waals surface area contributed by atoms with Crippen molar-refractivity contribution in [1.82, 2.24) is 5.32 Å². The second-order valence-electron chi connectivity index (χ2n) is 5.96. The highest BCUT2D eigenvalue weighted by Gasteiger charge is 2.06. The van der Waals surface area contributed by atoms with Crippen LogP contribution in [0.2, 0.25) is 0 Å². The molecule has 25 heavy (non-hydrogen) atoms. The number of benzene rings is 2. The van der Waals surface area contributed by atoms with Crippen molar-refractivity contribution in [3.63, 3.8) is 0 Å². The Hall–Kier alpha value is -2.82. The summed E-state index contributed by atoms with van der Waals surface area (Å²) in [6, 6.07) is 14.8. The minimum atomic E-state index is -0.137. The normalized spacial score (nSPS) is 10.2. The summed E-state index contributed by atoms with van der Waals surface area (Å²) in [6.07, 6.45) is 2.01. The molecule has 0 saturated carbocycles. The van der Waals surface area contributed by atoms with Gasteiger partial charge in [0.15, 0.2) is 0 Å². The van der Waals surface area contributed by atoms with Crippen LogP contribution < -0.4 is 16.0 Å². The summed E-state index contributed by atoms with van der Waals surface area (Å²) >= 11 is 0. The number of carbonyl (C=O) groups is 2. The Morgan fingerprint density at radius 3 is 2.44 bits per heavy atom. The van der Waals surface area contributed by atoms with Crippen molar-refractivity contribution >= 4 is 23.2 Å². The topological polar surface area (TPSA) is 70.2 Å². The molecular weight excluding hydrogens is 314 g/mol. The van der Waals surface area contributed by atoms with Crippen LogP contribution in [0.3, 0.4) is 0 Å². The van der Waals surface area contributed by atoms with Crippen LogP contribution in [0.25, 0.3) is 0 Å².